The third-order valence-corrected chi connectivity index (χ3v) is 1.87. The van der Waals surface area contributed by atoms with Gasteiger partial charge in [-0.05, 0) is 13.3 Å². The van der Waals surface area contributed by atoms with Crippen molar-refractivity contribution in [3.63, 3.8) is 0 Å². The highest BCUT2D eigenvalue weighted by Gasteiger charge is 2.12. The van der Waals surface area contributed by atoms with Gasteiger partial charge in [0.1, 0.15) is 0 Å². The highest BCUT2D eigenvalue weighted by atomic mass is 15.1. The molecule has 0 fully saturated rings. The fourth-order valence-corrected chi connectivity index (χ4v) is 1.25. The Balaban J connectivity index is 2.11. The monoisotopic (exact) mass is 140 g/mol. The first kappa shape index (κ1) is 7.58. The number of hydrogen-bond donors (Lipinski definition) is 1. The third kappa shape index (κ3) is 2.01. The van der Waals surface area contributed by atoms with Crippen LogP contribution in [0.3, 0.4) is 0 Å². The molecule has 0 aromatic carbocycles. The summed E-state index contributed by atoms with van der Waals surface area (Å²) in [5.41, 5.74) is 0. The van der Waals surface area contributed by atoms with Gasteiger partial charge in [0.25, 0.3) is 0 Å². The summed E-state index contributed by atoms with van der Waals surface area (Å²) in [5.74, 6) is 1.11. The maximum absolute atomic E-state index is 4.28. The Hall–Kier alpha value is -0.530. The van der Waals surface area contributed by atoms with Gasteiger partial charge < -0.3 is 5.32 Å². The SMILES string of the molecule is CCCCC1CN=C(C)N1. The molecule has 0 spiro atoms. The number of rotatable bonds is 3. The Morgan fingerprint density at radius 3 is 3.00 bits per heavy atom. The van der Waals surface area contributed by atoms with Crippen LogP contribution in [0.2, 0.25) is 0 Å². The van der Waals surface area contributed by atoms with Crippen molar-refractivity contribution in [2.24, 2.45) is 4.99 Å². The minimum atomic E-state index is 0.639. The number of nitrogens with zero attached hydrogens (tertiary/aromatic N) is 1. The minimum absolute atomic E-state index is 0.639. The summed E-state index contributed by atoms with van der Waals surface area (Å²) < 4.78 is 0. The summed E-state index contributed by atoms with van der Waals surface area (Å²) in [6, 6.07) is 0.639. The number of hydrogen-bond acceptors (Lipinski definition) is 2. The molecule has 1 rings (SSSR count). The van der Waals surface area contributed by atoms with Crippen LogP contribution < -0.4 is 5.32 Å². The van der Waals surface area contributed by atoms with Crippen molar-refractivity contribution in [3.8, 4) is 0 Å². The molecule has 0 radical (unpaired) electrons. The first-order chi connectivity index (χ1) is 4.83. The van der Waals surface area contributed by atoms with Crippen LogP contribution in [0.1, 0.15) is 33.1 Å². The molecule has 58 valence electrons. The third-order valence-electron chi connectivity index (χ3n) is 1.87. The van der Waals surface area contributed by atoms with Gasteiger partial charge in [-0.1, -0.05) is 19.8 Å². The second-order valence-electron chi connectivity index (χ2n) is 2.91. The largest absolute Gasteiger partial charge is 0.369 e. The fraction of sp³-hybridized carbons (Fsp3) is 0.875. The van der Waals surface area contributed by atoms with Gasteiger partial charge in [-0.25, -0.2) is 0 Å². The summed E-state index contributed by atoms with van der Waals surface area (Å²) in [6.07, 6.45) is 3.88. The Kier molecular flexibility index (Phi) is 2.72. The molecule has 1 atom stereocenters. The van der Waals surface area contributed by atoms with E-state index in [-0.39, 0.29) is 0 Å². The van der Waals surface area contributed by atoms with Crippen LogP contribution in [0.5, 0.6) is 0 Å². The lowest BCUT2D eigenvalue weighted by molar-refractivity contribution is 0.566. The van der Waals surface area contributed by atoms with Crippen molar-refractivity contribution in [3.05, 3.63) is 0 Å². The second-order valence-corrected chi connectivity index (χ2v) is 2.91. The van der Waals surface area contributed by atoms with E-state index in [0.717, 1.165) is 12.4 Å². The number of aliphatic imine (C=N–C) groups is 1. The molecule has 2 heteroatoms. The average Bonchev–Trinajstić information content (AvgIpc) is 2.31. The first-order valence-electron chi connectivity index (χ1n) is 4.10. The Bertz CT molecular complexity index is 129. The minimum Gasteiger partial charge on any atom is -0.369 e. The van der Waals surface area contributed by atoms with E-state index in [1.165, 1.54) is 19.3 Å². The van der Waals surface area contributed by atoms with E-state index in [0.29, 0.717) is 6.04 Å². The molecule has 1 heterocycles. The van der Waals surface area contributed by atoms with Gasteiger partial charge in [0, 0.05) is 6.04 Å². The smallest absolute Gasteiger partial charge is 0.0935 e. The van der Waals surface area contributed by atoms with Crippen LogP contribution in [0, 0.1) is 0 Å². The predicted molar refractivity (Wildman–Crippen MR) is 44.4 cm³/mol. The molecular weight excluding hydrogens is 124 g/mol. The van der Waals surface area contributed by atoms with Crippen molar-refractivity contribution in [1.82, 2.24) is 5.32 Å². The van der Waals surface area contributed by atoms with E-state index in [9.17, 15) is 0 Å². The fourth-order valence-electron chi connectivity index (χ4n) is 1.25. The van der Waals surface area contributed by atoms with Crippen molar-refractivity contribution in [1.29, 1.82) is 0 Å². The molecule has 0 saturated heterocycles. The van der Waals surface area contributed by atoms with Gasteiger partial charge in [-0.15, -0.1) is 0 Å². The van der Waals surface area contributed by atoms with Crippen LogP contribution >= 0.6 is 0 Å². The van der Waals surface area contributed by atoms with Gasteiger partial charge >= 0.3 is 0 Å². The van der Waals surface area contributed by atoms with E-state index in [1.807, 2.05) is 6.92 Å². The predicted octanol–water partition coefficient (Wildman–Crippen LogP) is 1.57. The van der Waals surface area contributed by atoms with Crippen LogP contribution in [0.25, 0.3) is 0 Å². The number of amidine groups is 1. The number of nitrogens with one attached hydrogen (secondary N) is 1. The van der Waals surface area contributed by atoms with Gasteiger partial charge in [0.2, 0.25) is 0 Å². The average molecular weight is 140 g/mol. The van der Waals surface area contributed by atoms with Crippen LogP contribution in [0.4, 0.5) is 0 Å². The molecule has 1 aliphatic heterocycles. The quantitative estimate of drug-likeness (QED) is 0.632. The lowest BCUT2D eigenvalue weighted by Gasteiger charge is -2.08. The van der Waals surface area contributed by atoms with E-state index >= 15 is 0 Å². The topological polar surface area (TPSA) is 24.4 Å². The van der Waals surface area contributed by atoms with Gasteiger partial charge in [-0.2, -0.15) is 0 Å². The van der Waals surface area contributed by atoms with E-state index < -0.39 is 0 Å². The maximum Gasteiger partial charge on any atom is 0.0935 e. The zero-order valence-electron chi connectivity index (χ0n) is 6.85. The summed E-state index contributed by atoms with van der Waals surface area (Å²) >= 11 is 0. The highest BCUT2D eigenvalue weighted by Crippen LogP contribution is 2.04. The molecule has 1 unspecified atom stereocenters. The summed E-state index contributed by atoms with van der Waals surface area (Å²) in [4.78, 5) is 4.28. The molecule has 2 nitrogen and oxygen atoms in total. The standard InChI is InChI=1S/C8H16N2/c1-3-4-5-8-6-9-7(2)10-8/h8H,3-6H2,1-2H3,(H,9,10). The van der Waals surface area contributed by atoms with Gasteiger partial charge in [-0.3, -0.25) is 4.99 Å². The van der Waals surface area contributed by atoms with Crippen molar-refractivity contribution < 1.29 is 0 Å². The van der Waals surface area contributed by atoms with Crippen molar-refractivity contribution in [2.75, 3.05) is 6.54 Å². The van der Waals surface area contributed by atoms with E-state index in [2.05, 4.69) is 17.2 Å². The zero-order chi connectivity index (χ0) is 7.40. The second kappa shape index (κ2) is 3.59. The molecule has 0 aromatic heterocycles. The normalized spacial score (nSPS) is 24.2. The van der Waals surface area contributed by atoms with Crippen molar-refractivity contribution in [2.45, 2.75) is 39.2 Å². The maximum atomic E-state index is 4.28. The molecular formula is C8H16N2. The van der Waals surface area contributed by atoms with Gasteiger partial charge in [0.15, 0.2) is 0 Å². The van der Waals surface area contributed by atoms with Gasteiger partial charge in [0.05, 0.1) is 12.4 Å². The lowest BCUT2D eigenvalue weighted by atomic mass is 10.1. The zero-order valence-corrected chi connectivity index (χ0v) is 6.85. The van der Waals surface area contributed by atoms with Crippen LogP contribution in [0.15, 0.2) is 4.99 Å². The molecule has 0 saturated carbocycles. The Morgan fingerprint density at radius 2 is 2.50 bits per heavy atom. The highest BCUT2D eigenvalue weighted by molar-refractivity contribution is 5.81. The van der Waals surface area contributed by atoms with E-state index in [1.54, 1.807) is 0 Å². The summed E-state index contributed by atoms with van der Waals surface area (Å²) in [6.45, 7) is 5.25. The first-order valence-corrected chi connectivity index (χ1v) is 4.10. The molecule has 10 heavy (non-hydrogen) atoms. The molecule has 0 aromatic rings. The Labute approximate surface area is 62.7 Å². The summed E-state index contributed by atoms with van der Waals surface area (Å²) in [7, 11) is 0. The van der Waals surface area contributed by atoms with Crippen LogP contribution in [-0.2, 0) is 0 Å². The molecule has 0 bridgehead atoms. The molecule has 0 amide bonds. The molecule has 1 aliphatic rings. The number of unbranched alkanes of at least 4 members (excludes halogenated alkanes) is 1. The lowest BCUT2D eigenvalue weighted by Crippen LogP contribution is -2.28. The molecule has 1 N–H and O–H groups in total. The van der Waals surface area contributed by atoms with Crippen LogP contribution in [-0.4, -0.2) is 18.4 Å². The Morgan fingerprint density at radius 1 is 1.70 bits per heavy atom. The summed E-state index contributed by atoms with van der Waals surface area (Å²) in [5, 5.41) is 3.34. The van der Waals surface area contributed by atoms with Crippen molar-refractivity contribution >= 4 is 5.84 Å². The van der Waals surface area contributed by atoms with E-state index in [4.69, 9.17) is 0 Å². The molecule has 0 aliphatic carbocycles.